The number of rotatable bonds is 7. The van der Waals surface area contributed by atoms with Crippen LogP contribution in [0.25, 0.3) is 0 Å². The van der Waals surface area contributed by atoms with Crippen molar-refractivity contribution in [3.8, 4) is 0 Å². The highest BCUT2D eigenvalue weighted by Gasteiger charge is 2.13. The minimum absolute atomic E-state index is 0.0911. The summed E-state index contributed by atoms with van der Waals surface area (Å²) in [6.07, 6.45) is 0.269. The molecule has 0 unspecified atom stereocenters. The summed E-state index contributed by atoms with van der Waals surface area (Å²) < 4.78 is 39.2. The molecule has 0 aliphatic rings. The molecule has 122 valence electrons. The van der Waals surface area contributed by atoms with Gasteiger partial charge in [0.05, 0.1) is 11.3 Å². The van der Waals surface area contributed by atoms with Gasteiger partial charge in [0.2, 0.25) is 10.0 Å². The first kappa shape index (κ1) is 17.1. The van der Waals surface area contributed by atoms with E-state index < -0.39 is 21.8 Å². The van der Waals surface area contributed by atoms with Crippen LogP contribution in [0.1, 0.15) is 21.5 Å². The molecule has 0 aromatic heterocycles. The maximum absolute atomic E-state index is 12.8. The summed E-state index contributed by atoms with van der Waals surface area (Å²) in [5, 5.41) is 9.07. The predicted molar refractivity (Wildman–Crippen MR) is 84.1 cm³/mol. The van der Waals surface area contributed by atoms with E-state index in [-0.39, 0.29) is 24.3 Å². The molecule has 0 saturated carbocycles. The van der Waals surface area contributed by atoms with Gasteiger partial charge in [0.15, 0.2) is 0 Å². The van der Waals surface area contributed by atoms with Crippen molar-refractivity contribution in [3.05, 3.63) is 71.0 Å². The highest BCUT2D eigenvalue weighted by atomic mass is 32.2. The quantitative estimate of drug-likeness (QED) is 0.811. The Balaban J connectivity index is 1.95. The van der Waals surface area contributed by atoms with Crippen LogP contribution in [0.5, 0.6) is 0 Å². The van der Waals surface area contributed by atoms with Gasteiger partial charge in [-0.25, -0.2) is 22.3 Å². The van der Waals surface area contributed by atoms with Gasteiger partial charge >= 0.3 is 5.97 Å². The summed E-state index contributed by atoms with van der Waals surface area (Å²) in [4.78, 5) is 11.1. The minimum Gasteiger partial charge on any atom is -0.478 e. The van der Waals surface area contributed by atoms with Gasteiger partial charge in [-0.3, -0.25) is 0 Å². The molecule has 2 N–H and O–H groups in total. The number of hydrogen-bond acceptors (Lipinski definition) is 3. The lowest BCUT2D eigenvalue weighted by molar-refractivity contribution is 0.0695. The zero-order valence-corrected chi connectivity index (χ0v) is 13.0. The zero-order chi connectivity index (χ0) is 16.9. The van der Waals surface area contributed by atoms with Crippen molar-refractivity contribution in [1.29, 1.82) is 0 Å². The molecule has 7 heteroatoms. The van der Waals surface area contributed by atoms with E-state index in [4.69, 9.17) is 5.11 Å². The van der Waals surface area contributed by atoms with Crippen molar-refractivity contribution >= 4 is 16.0 Å². The summed E-state index contributed by atoms with van der Waals surface area (Å²) in [5.74, 6) is -1.73. The Morgan fingerprint density at radius 2 is 1.74 bits per heavy atom. The van der Waals surface area contributed by atoms with Crippen molar-refractivity contribution in [2.24, 2.45) is 0 Å². The van der Waals surface area contributed by atoms with Gasteiger partial charge in [0, 0.05) is 6.54 Å². The molecule has 0 fully saturated rings. The molecular weight excluding hydrogens is 321 g/mol. The zero-order valence-electron chi connectivity index (χ0n) is 12.2. The van der Waals surface area contributed by atoms with Gasteiger partial charge in [-0.05, 0) is 35.7 Å². The van der Waals surface area contributed by atoms with E-state index in [1.54, 1.807) is 18.2 Å². The Morgan fingerprint density at radius 3 is 2.39 bits per heavy atom. The molecule has 0 saturated heterocycles. The van der Waals surface area contributed by atoms with Crippen LogP contribution in [0, 0.1) is 5.82 Å². The fourth-order valence-corrected chi connectivity index (χ4v) is 3.29. The van der Waals surface area contributed by atoms with Crippen molar-refractivity contribution in [3.63, 3.8) is 0 Å². The molecule has 0 heterocycles. The smallest absolute Gasteiger partial charge is 0.335 e. The lowest BCUT2D eigenvalue weighted by atomic mass is 10.1. The van der Waals surface area contributed by atoms with Crippen molar-refractivity contribution < 1.29 is 22.7 Å². The average Bonchev–Trinajstić information content (AvgIpc) is 2.49. The van der Waals surface area contributed by atoms with E-state index in [0.29, 0.717) is 11.1 Å². The molecule has 0 spiro atoms. The highest BCUT2D eigenvalue weighted by molar-refractivity contribution is 7.88. The van der Waals surface area contributed by atoms with E-state index in [2.05, 4.69) is 4.72 Å². The summed E-state index contributed by atoms with van der Waals surface area (Å²) in [5.41, 5.74) is 1.19. The molecule has 23 heavy (non-hydrogen) atoms. The van der Waals surface area contributed by atoms with Crippen LogP contribution >= 0.6 is 0 Å². The lowest BCUT2D eigenvalue weighted by Crippen LogP contribution is -2.27. The Morgan fingerprint density at radius 1 is 1.09 bits per heavy atom. The summed E-state index contributed by atoms with van der Waals surface area (Å²) in [6, 6.07) is 11.7. The monoisotopic (exact) mass is 337 g/mol. The van der Waals surface area contributed by atoms with E-state index in [0.717, 1.165) is 0 Å². The third-order valence-electron chi connectivity index (χ3n) is 3.23. The predicted octanol–water partition coefficient (Wildman–Crippen LogP) is 2.19. The Bertz CT molecular complexity index is 788. The van der Waals surface area contributed by atoms with E-state index in [1.165, 1.54) is 30.3 Å². The number of carboxylic acids is 1. The average molecular weight is 337 g/mol. The van der Waals surface area contributed by atoms with Crippen LogP contribution in [-0.4, -0.2) is 26.0 Å². The third-order valence-corrected chi connectivity index (χ3v) is 4.59. The molecule has 0 aliphatic heterocycles. The maximum Gasteiger partial charge on any atom is 0.335 e. The molecule has 0 atom stereocenters. The molecule has 2 rings (SSSR count). The first-order chi connectivity index (χ1) is 10.9. The highest BCUT2D eigenvalue weighted by Crippen LogP contribution is 2.10. The maximum atomic E-state index is 12.8. The fourth-order valence-electron chi connectivity index (χ4n) is 2.14. The van der Waals surface area contributed by atoms with Crippen LogP contribution in [0.4, 0.5) is 4.39 Å². The molecule has 0 amide bonds. The Hall–Kier alpha value is -2.25. The van der Waals surface area contributed by atoms with Gasteiger partial charge < -0.3 is 5.11 Å². The first-order valence-electron chi connectivity index (χ1n) is 6.90. The van der Waals surface area contributed by atoms with Crippen LogP contribution < -0.4 is 4.72 Å². The Kier molecular flexibility index (Phi) is 5.46. The van der Waals surface area contributed by atoms with E-state index >= 15 is 0 Å². The van der Waals surface area contributed by atoms with E-state index in [1.807, 2.05) is 0 Å². The van der Waals surface area contributed by atoms with Gasteiger partial charge in [-0.15, -0.1) is 0 Å². The van der Waals surface area contributed by atoms with Crippen LogP contribution in [-0.2, 0) is 22.2 Å². The van der Waals surface area contributed by atoms with E-state index in [9.17, 15) is 17.6 Å². The van der Waals surface area contributed by atoms with Crippen LogP contribution in [0.3, 0.4) is 0 Å². The van der Waals surface area contributed by atoms with Gasteiger partial charge in [0.1, 0.15) is 5.82 Å². The number of aromatic carboxylic acids is 1. The normalized spacial score (nSPS) is 11.3. The topological polar surface area (TPSA) is 83.5 Å². The first-order valence-corrected chi connectivity index (χ1v) is 8.55. The van der Waals surface area contributed by atoms with Crippen LogP contribution in [0.15, 0.2) is 48.5 Å². The fraction of sp³-hybridized carbons (Fsp3) is 0.188. The number of halogens is 1. The van der Waals surface area contributed by atoms with Crippen molar-refractivity contribution in [1.82, 2.24) is 4.72 Å². The lowest BCUT2D eigenvalue weighted by Gasteiger charge is -2.08. The number of carboxylic acid groups (broad SMARTS) is 1. The van der Waals surface area contributed by atoms with Crippen LogP contribution in [0.2, 0.25) is 0 Å². The number of sulfonamides is 1. The number of benzene rings is 2. The number of carbonyl (C=O) groups is 1. The summed E-state index contributed by atoms with van der Waals surface area (Å²) in [6.45, 7) is 0.0911. The molecule has 2 aromatic rings. The standard InChI is InChI=1S/C16H16FNO4S/c17-14-7-5-12(6-8-14)11-23(21,22)18-10-9-13-3-1-2-4-15(13)16(19)20/h1-8,18H,9-11H2,(H,19,20). The molecule has 0 radical (unpaired) electrons. The minimum atomic E-state index is -3.57. The Labute approximate surface area is 133 Å². The SMILES string of the molecule is O=C(O)c1ccccc1CCNS(=O)(=O)Cc1ccc(F)cc1. The third kappa shape index (κ3) is 5.15. The van der Waals surface area contributed by atoms with Crippen molar-refractivity contribution in [2.75, 3.05) is 6.54 Å². The second-order valence-corrected chi connectivity index (χ2v) is 6.80. The molecule has 2 aromatic carbocycles. The van der Waals surface area contributed by atoms with Crippen molar-refractivity contribution in [2.45, 2.75) is 12.2 Å². The molecule has 5 nitrogen and oxygen atoms in total. The summed E-state index contributed by atoms with van der Waals surface area (Å²) >= 11 is 0. The number of nitrogens with one attached hydrogen (secondary N) is 1. The van der Waals surface area contributed by atoms with Gasteiger partial charge in [-0.2, -0.15) is 0 Å². The van der Waals surface area contributed by atoms with Gasteiger partial charge in [0.25, 0.3) is 0 Å². The van der Waals surface area contributed by atoms with Gasteiger partial charge in [-0.1, -0.05) is 30.3 Å². The molecular formula is C16H16FNO4S. The second kappa shape index (κ2) is 7.34. The largest absolute Gasteiger partial charge is 0.478 e. The molecule has 0 aliphatic carbocycles. The molecule has 0 bridgehead atoms. The summed E-state index contributed by atoms with van der Waals surface area (Å²) in [7, 11) is -3.57. The second-order valence-electron chi connectivity index (χ2n) is 4.99. The number of hydrogen-bond donors (Lipinski definition) is 2.